The summed E-state index contributed by atoms with van der Waals surface area (Å²) in [6.45, 7) is 5.22. The van der Waals surface area contributed by atoms with E-state index in [-0.39, 0.29) is 22.2 Å². The predicted octanol–water partition coefficient (Wildman–Crippen LogP) is 1.18. The molecular formula is C20H24AsNO8. The number of carbonyl (C=O) groups is 2. The minimum absolute atomic E-state index is 0.160. The summed E-state index contributed by atoms with van der Waals surface area (Å²) < 4.78 is 34.1. The topological polar surface area (TPSA) is 153 Å². The Morgan fingerprint density at radius 3 is 2.30 bits per heavy atom. The minimum atomic E-state index is -5.14. The first-order valence-corrected chi connectivity index (χ1v) is 12.1. The number of carbonyl (C=O) groups excluding carboxylic acids is 1. The van der Waals surface area contributed by atoms with Crippen molar-refractivity contribution in [3.8, 4) is 11.5 Å². The van der Waals surface area contributed by atoms with Gasteiger partial charge in [0.25, 0.3) is 0 Å². The molecule has 9 nitrogen and oxygen atoms in total. The number of hydrogen-bond donors (Lipinski definition) is 5. The Morgan fingerprint density at radius 1 is 1.17 bits per heavy atom. The van der Waals surface area contributed by atoms with Gasteiger partial charge in [-0.25, -0.2) is 0 Å². The number of aryl methyl sites for hydroxylation is 1. The van der Waals surface area contributed by atoms with Crippen molar-refractivity contribution in [1.29, 1.82) is 0 Å². The maximum absolute atomic E-state index is 11.1. The van der Waals surface area contributed by atoms with Gasteiger partial charge >= 0.3 is 94.1 Å². The molecule has 2 aromatic carbocycles. The second-order valence-corrected chi connectivity index (χ2v) is 9.33. The first-order valence-electron chi connectivity index (χ1n) is 8.74. The molecule has 0 spiro atoms. The second-order valence-electron chi connectivity index (χ2n) is 6.03. The van der Waals surface area contributed by atoms with Gasteiger partial charge < -0.3 is 9.84 Å². The number of para-hydroxylation sites is 1. The predicted molar refractivity (Wildman–Crippen MR) is 111 cm³/mol. The molecule has 0 aliphatic heterocycles. The van der Waals surface area contributed by atoms with Crippen molar-refractivity contribution < 1.29 is 36.5 Å². The number of ether oxygens (including phenoxy) is 1. The zero-order valence-corrected chi connectivity index (χ0v) is 18.2. The molecule has 0 aromatic heterocycles. The van der Waals surface area contributed by atoms with Gasteiger partial charge in [-0.1, -0.05) is 24.8 Å². The van der Waals surface area contributed by atoms with E-state index in [1.807, 2.05) is 24.3 Å². The van der Waals surface area contributed by atoms with E-state index in [4.69, 9.17) is 18.0 Å². The molecule has 30 heavy (non-hydrogen) atoms. The van der Waals surface area contributed by atoms with E-state index in [1.165, 1.54) is 25.1 Å². The number of rotatable bonds is 8. The van der Waals surface area contributed by atoms with E-state index >= 15 is 0 Å². The van der Waals surface area contributed by atoms with Gasteiger partial charge in [0.05, 0.1) is 0 Å². The Hall–Kier alpha value is -3.00. The SMILES string of the molecule is C=CCOc1ccc(CCC(=O)O)cc1.CC(=O)Nc1c(O)cccc1[As](=O)(O)O. The van der Waals surface area contributed by atoms with Crippen LogP contribution in [0.25, 0.3) is 0 Å². The van der Waals surface area contributed by atoms with Gasteiger partial charge in [0.2, 0.25) is 0 Å². The van der Waals surface area contributed by atoms with E-state index < -0.39 is 26.0 Å². The fraction of sp³-hybridized carbons (Fsp3) is 0.200. The van der Waals surface area contributed by atoms with Crippen LogP contribution in [0.5, 0.6) is 11.5 Å². The van der Waals surface area contributed by atoms with Crippen molar-refractivity contribution in [2.75, 3.05) is 11.9 Å². The number of phenols is 1. The number of carboxylic acid groups (broad SMARTS) is 1. The third-order valence-electron chi connectivity index (χ3n) is 3.55. The van der Waals surface area contributed by atoms with Crippen LogP contribution in [-0.4, -0.2) is 51.1 Å². The number of benzene rings is 2. The molecular weight excluding hydrogens is 457 g/mol. The fourth-order valence-corrected chi connectivity index (χ4v) is 3.79. The number of hydrogen-bond acceptors (Lipinski definition) is 5. The molecule has 1 amide bonds. The molecule has 0 unspecified atom stereocenters. The van der Waals surface area contributed by atoms with Crippen LogP contribution in [0.1, 0.15) is 18.9 Å². The zero-order valence-electron chi connectivity index (χ0n) is 16.3. The molecule has 0 aliphatic carbocycles. The zero-order chi connectivity index (χ0) is 22.7. The van der Waals surface area contributed by atoms with Gasteiger partial charge in [0.1, 0.15) is 12.4 Å². The molecule has 162 valence electrons. The summed E-state index contributed by atoms with van der Waals surface area (Å²) in [6.07, 6.45) is 2.39. The van der Waals surface area contributed by atoms with Crippen molar-refractivity contribution in [3.63, 3.8) is 0 Å². The Balaban J connectivity index is 0.000000300. The second kappa shape index (κ2) is 11.9. The Morgan fingerprint density at radius 2 is 1.80 bits per heavy atom. The Labute approximate surface area is 176 Å². The van der Waals surface area contributed by atoms with Crippen LogP contribution >= 0.6 is 0 Å². The average Bonchev–Trinajstić information content (AvgIpc) is 2.66. The van der Waals surface area contributed by atoms with E-state index in [0.29, 0.717) is 13.0 Å². The molecule has 2 aromatic rings. The first-order chi connectivity index (χ1) is 14.0. The fourth-order valence-electron chi connectivity index (χ4n) is 2.23. The Bertz CT molecular complexity index is 921. The van der Waals surface area contributed by atoms with Crippen LogP contribution in [0.2, 0.25) is 0 Å². The third kappa shape index (κ3) is 9.00. The van der Waals surface area contributed by atoms with Gasteiger partial charge in [0.15, 0.2) is 0 Å². The normalized spacial score (nSPS) is 10.4. The van der Waals surface area contributed by atoms with Crippen molar-refractivity contribution >= 4 is 36.1 Å². The molecule has 0 bridgehead atoms. The first kappa shape index (κ1) is 25.0. The number of anilines is 1. The number of phenolic OH excluding ortho intramolecular Hbond substituents is 1. The van der Waals surface area contributed by atoms with E-state index in [2.05, 4.69) is 11.9 Å². The van der Waals surface area contributed by atoms with Crippen molar-refractivity contribution in [1.82, 2.24) is 0 Å². The molecule has 0 aliphatic rings. The molecule has 0 heterocycles. The van der Waals surface area contributed by atoms with Gasteiger partial charge in [-0.05, 0) is 24.1 Å². The van der Waals surface area contributed by atoms with Gasteiger partial charge in [-0.15, -0.1) is 0 Å². The monoisotopic (exact) mass is 481 g/mol. The summed E-state index contributed by atoms with van der Waals surface area (Å²) in [4.78, 5) is 21.1. The van der Waals surface area contributed by atoms with Crippen LogP contribution < -0.4 is 14.4 Å². The number of aromatic hydroxyl groups is 1. The average molecular weight is 481 g/mol. The molecule has 0 saturated carbocycles. The summed E-state index contributed by atoms with van der Waals surface area (Å²) in [5.41, 5.74) is 0.779. The number of carboxylic acids is 1. The van der Waals surface area contributed by atoms with Crippen molar-refractivity contribution in [2.24, 2.45) is 0 Å². The van der Waals surface area contributed by atoms with E-state index in [0.717, 1.165) is 11.3 Å². The standard InChI is InChI=1S/C12H14O3.C8H10AsNO5/c1-2-9-15-11-6-3-10(4-7-11)5-8-12(13)14;1-5(11)10-8-6(9(13,14)15)3-2-4-7(8)12/h2-4,6-7H,1,5,8-9H2,(H,13,14);2-4,12H,1H3,(H,10,11)(H2,13,14,15). The van der Waals surface area contributed by atoms with E-state index in [9.17, 15) is 18.4 Å². The van der Waals surface area contributed by atoms with E-state index in [1.54, 1.807) is 6.08 Å². The number of nitrogens with one attached hydrogen (secondary N) is 1. The molecule has 2 rings (SSSR count). The number of aliphatic carboxylic acids is 1. The van der Waals surface area contributed by atoms with Crippen molar-refractivity contribution in [3.05, 3.63) is 60.7 Å². The van der Waals surface area contributed by atoms with Crippen LogP contribution in [-0.2, 0) is 19.7 Å². The molecule has 0 radical (unpaired) electrons. The third-order valence-corrected chi connectivity index (χ3v) is 5.65. The van der Waals surface area contributed by atoms with Gasteiger partial charge in [0, 0.05) is 6.42 Å². The van der Waals surface area contributed by atoms with Gasteiger partial charge in [-0.2, -0.15) is 0 Å². The molecule has 5 N–H and O–H groups in total. The maximum atomic E-state index is 11.1. The van der Waals surface area contributed by atoms with Crippen LogP contribution in [0.4, 0.5) is 5.69 Å². The molecule has 0 saturated heterocycles. The summed E-state index contributed by atoms with van der Waals surface area (Å²) in [5, 5.41) is 20.0. The Kier molecular flexibility index (Phi) is 9.90. The quantitative estimate of drug-likeness (QED) is 0.214. The van der Waals surface area contributed by atoms with Crippen LogP contribution in [0, 0.1) is 0 Å². The van der Waals surface area contributed by atoms with Crippen LogP contribution in [0.3, 0.4) is 0 Å². The number of amides is 1. The summed E-state index contributed by atoms with van der Waals surface area (Å²) >= 11 is -5.14. The molecule has 10 heteroatoms. The summed E-state index contributed by atoms with van der Waals surface area (Å²) in [6, 6.07) is 11.1. The molecule has 0 fully saturated rings. The van der Waals surface area contributed by atoms with Crippen LogP contribution in [0.15, 0.2) is 55.1 Å². The van der Waals surface area contributed by atoms with Crippen molar-refractivity contribution in [2.45, 2.75) is 19.8 Å². The summed E-state index contributed by atoms with van der Waals surface area (Å²) in [7, 11) is 0. The molecule has 0 atom stereocenters. The van der Waals surface area contributed by atoms with Gasteiger partial charge in [-0.3, -0.25) is 4.79 Å². The summed E-state index contributed by atoms with van der Waals surface area (Å²) in [5.74, 6) is -0.884.